The summed E-state index contributed by atoms with van der Waals surface area (Å²) in [6, 6.07) is 10.3. The van der Waals surface area contributed by atoms with Crippen molar-refractivity contribution in [3.8, 4) is 0 Å². The summed E-state index contributed by atoms with van der Waals surface area (Å²) in [7, 11) is -3.67. The van der Waals surface area contributed by atoms with Crippen LogP contribution < -0.4 is 4.24 Å². The number of hydrogen-bond acceptors (Lipinski definition) is 2. The van der Waals surface area contributed by atoms with E-state index in [4.69, 9.17) is 4.55 Å². The molecule has 1 N–H and O–H groups in total. The zero-order chi connectivity index (χ0) is 9.61. The molecule has 0 spiro atoms. The molecule has 0 amide bonds. The molecule has 5 heteroatoms. The molecule has 0 saturated heterocycles. The first kappa shape index (κ1) is 11.7. The SMILES string of the molecule is CS(=O)(=O)O.[Li][c]1ccccc1. The minimum absolute atomic E-state index is 0.715. The van der Waals surface area contributed by atoms with Gasteiger partial charge in [0, 0.05) is 0 Å². The fraction of sp³-hybridized carbons (Fsp3) is 0.143. The Balaban J connectivity index is 0.000000217. The third-order valence-electron chi connectivity index (χ3n) is 0.940. The van der Waals surface area contributed by atoms with Gasteiger partial charge in [0.25, 0.3) is 10.1 Å². The Hall–Kier alpha value is -0.273. The number of hydrogen-bond donors (Lipinski definition) is 1. The van der Waals surface area contributed by atoms with Crippen LogP contribution in [-0.2, 0) is 10.1 Å². The van der Waals surface area contributed by atoms with E-state index in [9.17, 15) is 8.42 Å². The summed E-state index contributed by atoms with van der Waals surface area (Å²) in [6.45, 7) is 0. The predicted molar refractivity (Wildman–Crippen MR) is 49.3 cm³/mol. The van der Waals surface area contributed by atoms with Crippen molar-refractivity contribution >= 4 is 32.1 Å². The van der Waals surface area contributed by atoms with E-state index in [2.05, 4.69) is 29.8 Å². The van der Waals surface area contributed by atoms with Crippen LogP contribution in [-0.4, -0.2) is 36.9 Å². The van der Waals surface area contributed by atoms with Crippen molar-refractivity contribution in [2.75, 3.05) is 6.26 Å². The van der Waals surface area contributed by atoms with Crippen molar-refractivity contribution in [3.63, 3.8) is 0 Å². The standard InChI is InChI=1S/C6H5.CH4O3S.Li/c1-2-4-6-5-3-1;1-5(2,3)4;/h1-5H;1H3,(H,2,3,4);. The molecule has 12 heavy (non-hydrogen) atoms. The van der Waals surface area contributed by atoms with E-state index in [1.807, 2.05) is 18.2 Å². The maximum atomic E-state index is 9.19. The average molecular weight is 180 g/mol. The van der Waals surface area contributed by atoms with Crippen molar-refractivity contribution in [1.29, 1.82) is 0 Å². The second-order valence-electron chi connectivity index (χ2n) is 2.39. The Kier molecular flexibility index (Phi) is 5.26. The van der Waals surface area contributed by atoms with Gasteiger partial charge in [-0.2, -0.15) is 8.42 Å². The molecule has 0 atom stereocenters. The van der Waals surface area contributed by atoms with Crippen molar-refractivity contribution in [2.45, 2.75) is 0 Å². The summed E-state index contributed by atoms with van der Waals surface area (Å²) < 4.78 is 27.2. The first-order valence-electron chi connectivity index (χ1n) is 3.33. The molecule has 62 valence electrons. The molecule has 3 nitrogen and oxygen atoms in total. The van der Waals surface area contributed by atoms with Crippen molar-refractivity contribution < 1.29 is 13.0 Å². The molecular weight excluding hydrogens is 171 g/mol. The summed E-state index contributed by atoms with van der Waals surface area (Å²) in [5.41, 5.74) is 0. The average Bonchev–Trinajstić information content (AvgIpc) is 1.85. The molecule has 0 aromatic heterocycles. The maximum absolute atomic E-state index is 9.19. The van der Waals surface area contributed by atoms with Crippen LogP contribution in [0.25, 0.3) is 0 Å². The van der Waals surface area contributed by atoms with Crippen LogP contribution in [0, 0.1) is 0 Å². The van der Waals surface area contributed by atoms with Gasteiger partial charge in [-0.05, 0) is 0 Å². The van der Waals surface area contributed by atoms with Crippen LogP contribution in [0.5, 0.6) is 0 Å². The van der Waals surface area contributed by atoms with Gasteiger partial charge in [0.15, 0.2) is 0 Å². The van der Waals surface area contributed by atoms with Crippen LogP contribution in [0.3, 0.4) is 0 Å². The Morgan fingerprint density at radius 2 is 1.58 bits per heavy atom. The molecule has 0 unspecified atom stereocenters. The van der Waals surface area contributed by atoms with E-state index in [-0.39, 0.29) is 0 Å². The van der Waals surface area contributed by atoms with Crippen LogP contribution in [0.2, 0.25) is 0 Å². The van der Waals surface area contributed by atoms with Gasteiger partial charge in [-0.25, -0.2) is 0 Å². The Bertz CT molecular complexity index is 299. The van der Waals surface area contributed by atoms with E-state index >= 15 is 0 Å². The third-order valence-corrected chi connectivity index (χ3v) is 0.940. The topological polar surface area (TPSA) is 54.4 Å². The van der Waals surface area contributed by atoms with Gasteiger partial charge in [0.1, 0.15) is 0 Å². The van der Waals surface area contributed by atoms with Crippen LogP contribution in [0.15, 0.2) is 30.3 Å². The first-order chi connectivity index (χ1) is 5.39. The monoisotopic (exact) mass is 180 g/mol. The predicted octanol–water partition coefficient (Wildman–Crippen LogP) is -0.0156. The van der Waals surface area contributed by atoms with E-state index in [0.717, 1.165) is 0 Å². The van der Waals surface area contributed by atoms with Gasteiger partial charge < -0.3 is 0 Å². The second kappa shape index (κ2) is 5.39. The zero-order valence-corrected chi connectivity index (χ0v) is 7.88. The summed E-state index contributed by atoms with van der Waals surface area (Å²) in [6.07, 6.45) is 0.715. The summed E-state index contributed by atoms with van der Waals surface area (Å²) in [5.74, 6) is 0. The molecule has 0 aliphatic carbocycles. The molecular formula is C7H9LiO3S. The van der Waals surface area contributed by atoms with Crippen LogP contribution in [0.1, 0.15) is 0 Å². The van der Waals surface area contributed by atoms with Gasteiger partial charge in [0.05, 0.1) is 6.26 Å². The van der Waals surface area contributed by atoms with Crippen molar-refractivity contribution in [1.82, 2.24) is 0 Å². The van der Waals surface area contributed by atoms with Crippen LogP contribution >= 0.6 is 0 Å². The van der Waals surface area contributed by atoms with E-state index < -0.39 is 10.1 Å². The summed E-state index contributed by atoms with van der Waals surface area (Å²) in [4.78, 5) is 0. The number of benzene rings is 1. The van der Waals surface area contributed by atoms with E-state index in [1.165, 1.54) is 4.24 Å². The van der Waals surface area contributed by atoms with Gasteiger partial charge in [0.2, 0.25) is 0 Å². The quantitative estimate of drug-likeness (QED) is 0.451. The van der Waals surface area contributed by atoms with Crippen molar-refractivity contribution in [3.05, 3.63) is 30.3 Å². The van der Waals surface area contributed by atoms with Gasteiger partial charge in [-0.1, -0.05) is 0 Å². The molecule has 1 aromatic carbocycles. The Morgan fingerprint density at radius 3 is 1.75 bits per heavy atom. The Morgan fingerprint density at radius 1 is 1.25 bits per heavy atom. The zero-order valence-electron chi connectivity index (χ0n) is 7.06. The van der Waals surface area contributed by atoms with Gasteiger partial charge >= 0.3 is 52.3 Å². The fourth-order valence-electron chi connectivity index (χ4n) is 0.534. The fourth-order valence-corrected chi connectivity index (χ4v) is 0.534. The van der Waals surface area contributed by atoms with E-state index in [1.54, 1.807) is 0 Å². The molecule has 1 rings (SSSR count). The first-order valence-corrected chi connectivity index (χ1v) is 5.18. The second-order valence-corrected chi connectivity index (χ2v) is 3.85. The van der Waals surface area contributed by atoms with E-state index in [0.29, 0.717) is 6.26 Å². The number of rotatable bonds is 0. The van der Waals surface area contributed by atoms with Crippen LogP contribution in [0.4, 0.5) is 0 Å². The van der Waals surface area contributed by atoms with Gasteiger partial charge in [-0.3, -0.25) is 4.55 Å². The third kappa shape index (κ3) is 12.4. The normalized spacial score (nSPS) is 10.0. The molecule has 0 bridgehead atoms. The molecule has 0 aliphatic rings. The van der Waals surface area contributed by atoms with Gasteiger partial charge in [-0.15, -0.1) is 0 Å². The molecule has 1 aromatic rings. The summed E-state index contributed by atoms with van der Waals surface area (Å²) >= 11 is 2.08. The summed E-state index contributed by atoms with van der Waals surface area (Å²) in [5, 5.41) is 0. The molecule has 0 radical (unpaired) electrons. The molecule has 0 heterocycles. The molecule has 0 fully saturated rings. The van der Waals surface area contributed by atoms with Crippen molar-refractivity contribution in [2.24, 2.45) is 0 Å². The molecule has 0 saturated carbocycles. The molecule has 0 aliphatic heterocycles. The Labute approximate surface area is 81.8 Å². The minimum atomic E-state index is -3.67.